The summed E-state index contributed by atoms with van der Waals surface area (Å²) in [5, 5.41) is 3.15. The van der Waals surface area contributed by atoms with E-state index in [1.54, 1.807) is 12.1 Å². The van der Waals surface area contributed by atoms with Gasteiger partial charge in [-0.05, 0) is 41.7 Å². The minimum absolute atomic E-state index is 0.124. The summed E-state index contributed by atoms with van der Waals surface area (Å²) >= 11 is 0. The first-order chi connectivity index (χ1) is 12.0. The van der Waals surface area contributed by atoms with E-state index < -0.39 is 0 Å². The van der Waals surface area contributed by atoms with Crippen LogP contribution in [0.3, 0.4) is 0 Å². The van der Waals surface area contributed by atoms with Gasteiger partial charge in [-0.15, -0.1) is 0 Å². The highest BCUT2D eigenvalue weighted by atomic mass is 19.1. The smallest absolute Gasteiger partial charge is 0.133 e. The van der Waals surface area contributed by atoms with Gasteiger partial charge in [-0.3, -0.25) is 4.99 Å². The van der Waals surface area contributed by atoms with Gasteiger partial charge in [0.1, 0.15) is 17.5 Å². The molecule has 2 aromatic rings. The van der Waals surface area contributed by atoms with Crippen LogP contribution in [-0.2, 0) is 0 Å². The van der Waals surface area contributed by atoms with E-state index in [0.717, 1.165) is 11.1 Å². The van der Waals surface area contributed by atoms with Gasteiger partial charge >= 0.3 is 0 Å². The van der Waals surface area contributed by atoms with Crippen LogP contribution in [0.5, 0.6) is 0 Å². The Kier molecular flexibility index (Phi) is 4.98. The Morgan fingerprint density at radius 3 is 2.12 bits per heavy atom. The molecule has 25 heavy (non-hydrogen) atoms. The van der Waals surface area contributed by atoms with Crippen molar-refractivity contribution in [3.63, 3.8) is 0 Å². The number of aliphatic imine (C=N–C) groups is 1. The van der Waals surface area contributed by atoms with Gasteiger partial charge in [-0.25, -0.2) is 8.78 Å². The first-order valence-electron chi connectivity index (χ1n) is 8.52. The lowest BCUT2D eigenvalue weighted by atomic mass is 9.83. The van der Waals surface area contributed by atoms with Crippen LogP contribution in [-0.4, -0.2) is 11.9 Å². The van der Waals surface area contributed by atoms with Crippen molar-refractivity contribution in [1.29, 1.82) is 0 Å². The predicted octanol–water partition coefficient (Wildman–Crippen LogP) is 5.02. The first-order valence-corrected chi connectivity index (χ1v) is 8.52. The lowest BCUT2D eigenvalue weighted by molar-refractivity contribution is 0.389. The van der Waals surface area contributed by atoms with Crippen LogP contribution >= 0.6 is 0 Å². The van der Waals surface area contributed by atoms with Gasteiger partial charge in [0.2, 0.25) is 0 Å². The Hall–Kier alpha value is -2.49. The molecule has 2 atom stereocenters. The second-order valence-corrected chi connectivity index (χ2v) is 6.79. The van der Waals surface area contributed by atoms with Crippen LogP contribution in [0.4, 0.5) is 8.78 Å². The normalized spacial score (nSPS) is 18.4. The van der Waals surface area contributed by atoms with Gasteiger partial charge in [-0.1, -0.05) is 45.0 Å². The van der Waals surface area contributed by atoms with E-state index in [9.17, 15) is 8.78 Å². The Morgan fingerprint density at radius 1 is 0.920 bits per heavy atom. The largest absolute Gasteiger partial charge is 0.346 e. The van der Waals surface area contributed by atoms with Crippen molar-refractivity contribution >= 4 is 11.4 Å². The summed E-state index contributed by atoms with van der Waals surface area (Å²) in [5.41, 5.74) is 2.46. The van der Waals surface area contributed by atoms with E-state index in [2.05, 4.69) is 26.1 Å². The van der Waals surface area contributed by atoms with E-state index in [4.69, 9.17) is 4.99 Å². The molecule has 2 aromatic carbocycles. The molecule has 0 fully saturated rings. The van der Waals surface area contributed by atoms with E-state index in [-0.39, 0.29) is 23.6 Å². The van der Waals surface area contributed by atoms with E-state index in [1.807, 2.05) is 18.3 Å². The molecule has 0 aliphatic carbocycles. The molecule has 0 bridgehead atoms. The van der Waals surface area contributed by atoms with Crippen LogP contribution < -0.4 is 5.32 Å². The van der Waals surface area contributed by atoms with Crippen LogP contribution in [0.1, 0.15) is 31.9 Å². The molecule has 0 saturated heterocycles. The molecule has 0 amide bonds. The topological polar surface area (TPSA) is 24.4 Å². The number of nitrogens with zero attached hydrogens (tertiary/aromatic N) is 1. The SMILES string of the molecule is CC(C)C(C)C1N=C(c2cccc(F)c2)NC=C1c1cccc(F)c1. The van der Waals surface area contributed by atoms with Crippen molar-refractivity contribution < 1.29 is 8.78 Å². The molecule has 0 radical (unpaired) electrons. The van der Waals surface area contributed by atoms with Gasteiger partial charge in [-0.2, -0.15) is 0 Å². The predicted molar refractivity (Wildman–Crippen MR) is 98.2 cm³/mol. The highest BCUT2D eigenvalue weighted by Crippen LogP contribution is 2.32. The fraction of sp³-hybridized carbons (Fsp3) is 0.286. The number of nitrogens with one attached hydrogen (secondary N) is 1. The van der Waals surface area contributed by atoms with Crippen LogP contribution in [0, 0.1) is 23.5 Å². The number of hydrogen-bond donors (Lipinski definition) is 1. The second kappa shape index (κ2) is 7.18. The molecule has 0 aromatic heterocycles. The third-order valence-electron chi connectivity index (χ3n) is 4.76. The molecule has 1 aliphatic heterocycles. The fourth-order valence-electron chi connectivity index (χ4n) is 2.96. The number of hydrogen-bond acceptors (Lipinski definition) is 2. The van der Waals surface area contributed by atoms with Gasteiger partial charge in [0.25, 0.3) is 0 Å². The van der Waals surface area contributed by atoms with Crippen molar-refractivity contribution in [2.24, 2.45) is 16.8 Å². The van der Waals surface area contributed by atoms with Crippen molar-refractivity contribution in [3.8, 4) is 0 Å². The molecular formula is C21H22F2N2. The summed E-state index contributed by atoms with van der Waals surface area (Å²) in [4.78, 5) is 4.85. The highest BCUT2D eigenvalue weighted by molar-refractivity contribution is 6.02. The summed E-state index contributed by atoms with van der Waals surface area (Å²) in [5.74, 6) is 0.722. The maximum atomic E-state index is 13.7. The minimum atomic E-state index is -0.296. The minimum Gasteiger partial charge on any atom is -0.346 e. The van der Waals surface area contributed by atoms with Gasteiger partial charge in [0, 0.05) is 17.3 Å². The molecule has 4 heteroatoms. The Labute approximate surface area is 147 Å². The molecule has 0 saturated carbocycles. The van der Waals surface area contributed by atoms with Crippen molar-refractivity contribution in [3.05, 3.63) is 77.5 Å². The lowest BCUT2D eigenvalue weighted by Crippen LogP contribution is -2.33. The van der Waals surface area contributed by atoms with E-state index in [1.165, 1.54) is 24.3 Å². The summed E-state index contributed by atoms with van der Waals surface area (Å²) in [6.07, 6.45) is 1.87. The van der Waals surface area contributed by atoms with Crippen LogP contribution in [0.15, 0.2) is 59.7 Å². The summed E-state index contributed by atoms with van der Waals surface area (Å²) in [6, 6.07) is 12.8. The fourth-order valence-corrected chi connectivity index (χ4v) is 2.96. The first kappa shape index (κ1) is 17.3. The van der Waals surface area contributed by atoms with Crippen molar-refractivity contribution in [1.82, 2.24) is 5.32 Å². The molecular weight excluding hydrogens is 318 g/mol. The summed E-state index contributed by atoms with van der Waals surface area (Å²) in [7, 11) is 0. The monoisotopic (exact) mass is 340 g/mol. The zero-order chi connectivity index (χ0) is 18.0. The zero-order valence-electron chi connectivity index (χ0n) is 14.6. The second-order valence-electron chi connectivity index (χ2n) is 6.79. The lowest BCUT2D eigenvalue weighted by Gasteiger charge is -2.30. The molecule has 130 valence electrons. The molecule has 1 N–H and O–H groups in total. The van der Waals surface area contributed by atoms with Crippen LogP contribution in [0.2, 0.25) is 0 Å². The Morgan fingerprint density at radius 2 is 1.52 bits per heavy atom. The zero-order valence-corrected chi connectivity index (χ0v) is 14.6. The number of amidine groups is 1. The maximum absolute atomic E-state index is 13.7. The highest BCUT2D eigenvalue weighted by Gasteiger charge is 2.28. The molecule has 2 nitrogen and oxygen atoms in total. The summed E-state index contributed by atoms with van der Waals surface area (Å²) in [6.45, 7) is 6.43. The summed E-state index contributed by atoms with van der Waals surface area (Å²) < 4.78 is 27.2. The number of halogens is 2. The van der Waals surface area contributed by atoms with Crippen LogP contribution in [0.25, 0.3) is 5.57 Å². The van der Waals surface area contributed by atoms with Gasteiger partial charge < -0.3 is 5.32 Å². The van der Waals surface area contributed by atoms with E-state index in [0.29, 0.717) is 17.3 Å². The maximum Gasteiger partial charge on any atom is 0.133 e. The average Bonchev–Trinajstić information content (AvgIpc) is 2.60. The molecule has 1 heterocycles. The number of benzene rings is 2. The molecule has 3 rings (SSSR count). The van der Waals surface area contributed by atoms with Crippen molar-refractivity contribution in [2.45, 2.75) is 26.8 Å². The van der Waals surface area contributed by atoms with Crippen molar-refractivity contribution in [2.75, 3.05) is 0 Å². The molecule has 2 unspecified atom stereocenters. The Balaban J connectivity index is 2.01. The van der Waals surface area contributed by atoms with E-state index >= 15 is 0 Å². The molecule has 1 aliphatic rings. The van der Waals surface area contributed by atoms with Gasteiger partial charge in [0.05, 0.1) is 6.04 Å². The molecule has 0 spiro atoms. The third kappa shape index (κ3) is 3.78. The quantitative estimate of drug-likeness (QED) is 0.831. The van der Waals surface area contributed by atoms with Gasteiger partial charge in [0.15, 0.2) is 0 Å². The number of rotatable bonds is 4. The standard InChI is InChI=1S/C21H22F2N2/c1-13(2)14(3)20-19(15-6-4-8-17(22)10-15)12-24-21(25-20)16-7-5-9-18(23)11-16/h4-14,20H,1-3H3,(H,24,25). The third-order valence-corrected chi connectivity index (χ3v) is 4.76. The average molecular weight is 340 g/mol. The Bertz CT molecular complexity index is 824.